The highest BCUT2D eigenvalue weighted by Crippen LogP contribution is 2.38. The molecule has 0 radical (unpaired) electrons. The Morgan fingerprint density at radius 3 is 2.70 bits per heavy atom. The molecule has 0 bridgehead atoms. The molecule has 9 heteroatoms. The minimum atomic E-state index is -0.300. The molecule has 2 aromatic carbocycles. The zero-order chi connectivity index (χ0) is 26.5. The molecule has 0 atom stereocenters. The molecule has 0 saturated heterocycles. The Morgan fingerprint density at radius 1 is 1.16 bits per heavy atom. The first kappa shape index (κ1) is 25.7. The maximum absolute atomic E-state index is 12.2. The van der Waals surface area contributed by atoms with Crippen molar-refractivity contribution in [3.8, 4) is 17.0 Å². The van der Waals surface area contributed by atoms with Gasteiger partial charge in [-0.25, -0.2) is 9.97 Å². The number of aromatic amines is 1. The van der Waals surface area contributed by atoms with Crippen LogP contribution in [0, 0.1) is 6.92 Å². The van der Waals surface area contributed by atoms with Gasteiger partial charge in [-0.2, -0.15) is 0 Å². The van der Waals surface area contributed by atoms with Crippen molar-refractivity contribution in [3.63, 3.8) is 0 Å². The molecule has 0 aliphatic rings. The van der Waals surface area contributed by atoms with Crippen LogP contribution in [-0.2, 0) is 4.79 Å². The molecule has 0 aliphatic heterocycles. The van der Waals surface area contributed by atoms with Crippen molar-refractivity contribution < 1.29 is 9.53 Å². The fourth-order valence-electron chi connectivity index (χ4n) is 4.11. The van der Waals surface area contributed by atoms with Crippen LogP contribution in [0.25, 0.3) is 22.2 Å². The number of fused-ring (bicyclic) bond motifs is 1. The summed E-state index contributed by atoms with van der Waals surface area (Å²) in [6.45, 7) is 7.26. The topological polar surface area (TPSA) is 98.4 Å². The number of ether oxygens (including phenoxy) is 1. The number of hydrogen-bond donors (Lipinski definition) is 3. The third-order valence-electron chi connectivity index (χ3n) is 6.16. The zero-order valence-electron chi connectivity index (χ0n) is 21.9. The van der Waals surface area contributed by atoms with Crippen molar-refractivity contribution in [1.29, 1.82) is 0 Å². The molecule has 4 rings (SSSR count). The smallest absolute Gasteiger partial charge is 0.247 e. The van der Waals surface area contributed by atoms with Gasteiger partial charge in [-0.05, 0) is 44.8 Å². The molecule has 0 unspecified atom stereocenters. The number of benzene rings is 2. The first-order chi connectivity index (χ1) is 17.8. The Kier molecular flexibility index (Phi) is 7.74. The molecule has 0 fully saturated rings. The number of carbonyl (C=O) groups is 1. The predicted octanol–water partition coefficient (Wildman–Crippen LogP) is 4.81. The van der Waals surface area contributed by atoms with Gasteiger partial charge >= 0.3 is 0 Å². The normalized spacial score (nSPS) is 11.0. The lowest BCUT2D eigenvalue weighted by molar-refractivity contribution is -0.111. The summed E-state index contributed by atoms with van der Waals surface area (Å²) in [5.41, 5.74) is 6.11. The van der Waals surface area contributed by atoms with Gasteiger partial charge in [0.05, 0.1) is 29.9 Å². The summed E-state index contributed by atoms with van der Waals surface area (Å²) in [5, 5.41) is 7.28. The molecule has 2 aromatic heterocycles. The Labute approximate surface area is 217 Å². The number of para-hydroxylation sites is 1. The third-order valence-corrected chi connectivity index (χ3v) is 6.16. The number of rotatable bonds is 10. The Bertz CT molecular complexity index is 1430. The summed E-state index contributed by atoms with van der Waals surface area (Å²) < 4.78 is 5.70. The van der Waals surface area contributed by atoms with E-state index in [1.165, 1.54) is 11.6 Å². The molecule has 1 amide bonds. The van der Waals surface area contributed by atoms with Crippen LogP contribution in [0.2, 0.25) is 0 Å². The van der Waals surface area contributed by atoms with E-state index >= 15 is 0 Å². The number of hydrogen-bond acceptors (Lipinski definition) is 7. The zero-order valence-corrected chi connectivity index (χ0v) is 21.9. The molecule has 0 aliphatic carbocycles. The average Bonchev–Trinajstić information content (AvgIpc) is 3.33. The van der Waals surface area contributed by atoms with Crippen LogP contribution in [0.5, 0.6) is 5.75 Å². The number of nitrogens with zero attached hydrogens (tertiary/aromatic N) is 4. The van der Waals surface area contributed by atoms with E-state index in [4.69, 9.17) is 9.72 Å². The first-order valence-corrected chi connectivity index (χ1v) is 12.0. The van der Waals surface area contributed by atoms with Crippen LogP contribution in [0.4, 0.5) is 23.0 Å². The van der Waals surface area contributed by atoms with Gasteiger partial charge in [-0.3, -0.25) is 4.79 Å². The van der Waals surface area contributed by atoms with Crippen LogP contribution in [0.15, 0.2) is 61.4 Å². The molecular formula is C28H33N7O2. The summed E-state index contributed by atoms with van der Waals surface area (Å²) in [7, 11) is 7.63. The van der Waals surface area contributed by atoms with Gasteiger partial charge in [0.2, 0.25) is 11.9 Å². The Balaban J connectivity index is 1.70. The van der Waals surface area contributed by atoms with Crippen LogP contribution in [0.3, 0.4) is 0 Å². The van der Waals surface area contributed by atoms with Crippen molar-refractivity contribution in [3.05, 3.63) is 67.0 Å². The second kappa shape index (κ2) is 11.1. The lowest BCUT2D eigenvalue weighted by Gasteiger charge is -2.26. The van der Waals surface area contributed by atoms with E-state index in [-0.39, 0.29) is 5.91 Å². The summed E-state index contributed by atoms with van der Waals surface area (Å²) in [6.07, 6.45) is 4.93. The van der Waals surface area contributed by atoms with Crippen LogP contribution in [0.1, 0.15) is 5.56 Å². The number of nitrogens with one attached hydrogen (secondary N) is 3. The summed E-state index contributed by atoms with van der Waals surface area (Å²) in [5.74, 6) is 0.707. The second-order valence-corrected chi connectivity index (χ2v) is 9.08. The number of H-pyrrole nitrogens is 1. The van der Waals surface area contributed by atoms with Crippen molar-refractivity contribution >= 4 is 39.8 Å². The molecule has 2 heterocycles. The van der Waals surface area contributed by atoms with Crippen LogP contribution in [-0.4, -0.2) is 67.1 Å². The van der Waals surface area contributed by atoms with Crippen molar-refractivity contribution in [2.24, 2.45) is 0 Å². The maximum Gasteiger partial charge on any atom is 0.247 e. The number of anilines is 4. The van der Waals surface area contributed by atoms with E-state index in [9.17, 15) is 4.79 Å². The molecule has 0 saturated carbocycles. The third kappa shape index (κ3) is 5.73. The molecule has 4 aromatic rings. The highest BCUT2D eigenvalue weighted by molar-refractivity contribution is 6.02. The average molecular weight is 500 g/mol. The summed E-state index contributed by atoms with van der Waals surface area (Å²) >= 11 is 0. The molecule has 3 N–H and O–H groups in total. The summed E-state index contributed by atoms with van der Waals surface area (Å²) in [6, 6.07) is 11.8. The standard InChI is InChI=1S/C28H33N7O2/c1-7-26(36)31-22-15-23(25(37-6)16-24(22)35(5)14-13-34(3)4)33-28-29-12-11-21(32-28)20-17-30-27-18(2)9-8-10-19(20)27/h7-12,15-17,30H,1,13-14H2,2-6H3,(H,31,36)(H,29,32,33). The lowest BCUT2D eigenvalue weighted by atomic mass is 10.1. The van der Waals surface area contributed by atoms with Crippen molar-refractivity contribution in [1.82, 2.24) is 19.9 Å². The minimum absolute atomic E-state index is 0.300. The van der Waals surface area contributed by atoms with E-state index in [1.807, 2.05) is 51.6 Å². The van der Waals surface area contributed by atoms with Crippen molar-refractivity contribution in [2.75, 3.05) is 56.9 Å². The molecule has 9 nitrogen and oxygen atoms in total. The number of aromatic nitrogens is 3. The Morgan fingerprint density at radius 2 is 1.97 bits per heavy atom. The van der Waals surface area contributed by atoms with Gasteiger partial charge in [0.25, 0.3) is 0 Å². The minimum Gasteiger partial charge on any atom is -0.494 e. The van der Waals surface area contributed by atoms with E-state index in [2.05, 4.69) is 56.0 Å². The van der Waals surface area contributed by atoms with Gasteiger partial charge in [0, 0.05) is 55.1 Å². The monoisotopic (exact) mass is 499 g/mol. The second-order valence-electron chi connectivity index (χ2n) is 9.08. The lowest BCUT2D eigenvalue weighted by Crippen LogP contribution is -2.29. The SMILES string of the molecule is C=CC(=O)Nc1cc(Nc2nccc(-c3c[nH]c4c(C)cccc34)n2)c(OC)cc1N(C)CCN(C)C. The van der Waals surface area contributed by atoms with Gasteiger partial charge in [0.15, 0.2) is 0 Å². The van der Waals surface area contributed by atoms with E-state index in [0.29, 0.717) is 23.1 Å². The van der Waals surface area contributed by atoms with Crippen LogP contribution < -0.4 is 20.3 Å². The molecule has 192 valence electrons. The number of amides is 1. The predicted molar refractivity (Wildman–Crippen MR) is 151 cm³/mol. The maximum atomic E-state index is 12.2. The molecule has 37 heavy (non-hydrogen) atoms. The number of methoxy groups -OCH3 is 1. The highest BCUT2D eigenvalue weighted by atomic mass is 16.5. The fraction of sp³-hybridized carbons (Fsp3) is 0.250. The van der Waals surface area contributed by atoms with E-state index < -0.39 is 0 Å². The fourth-order valence-corrected chi connectivity index (χ4v) is 4.11. The molecule has 0 spiro atoms. The number of aryl methyl sites for hydroxylation is 1. The Hall–Kier alpha value is -4.37. The van der Waals surface area contributed by atoms with Gasteiger partial charge in [0.1, 0.15) is 5.75 Å². The molecular weight excluding hydrogens is 466 g/mol. The first-order valence-electron chi connectivity index (χ1n) is 12.0. The van der Waals surface area contributed by atoms with Crippen molar-refractivity contribution in [2.45, 2.75) is 6.92 Å². The largest absolute Gasteiger partial charge is 0.494 e. The quantitative estimate of drug-likeness (QED) is 0.269. The van der Waals surface area contributed by atoms with Gasteiger partial charge in [-0.15, -0.1) is 0 Å². The highest BCUT2D eigenvalue weighted by Gasteiger charge is 2.17. The summed E-state index contributed by atoms with van der Waals surface area (Å²) in [4.78, 5) is 28.9. The number of carbonyl (C=O) groups excluding carboxylic acids is 1. The van der Waals surface area contributed by atoms with E-state index in [0.717, 1.165) is 40.9 Å². The van der Waals surface area contributed by atoms with Gasteiger partial charge in [-0.1, -0.05) is 24.8 Å². The van der Waals surface area contributed by atoms with E-state index in [1.54, 1.807) is 13.3 Å². The number of likely N-dealkylation sites (N-methyl/N-ethyl adjacent to an activating group) is 2. The van der Waals surface area contributed by atoms with Crippen LogP contribution >= 0.6 is 0 Å². The van der Waals surface area contributed by atoms with Gasteiger partial charge < -0.3 is 30.2 Å².